The predicted molar refractivity (Wildman–Crippen MR) is 107 cm³/mol. The lowest BCUT2D eigenvalue weighted by Crippen LogP contribution is -2.07. The van der Waals surface area contributed by atoms with Crippen LogP contribution in [-0.4, -0.2) is 4.98 Å². The lowest BCUT2D eigenvalue weighted by Gasteiger charge is -2.05. The standard InChI is InChI=1S/C21H17N3S/c1-4-10-16(11-5-1)19-20(17-12-6-2-7-13-17)25-21(22-19)24-23-18-14-8-3-9-15-18/h1-15,23H,(H,22,24). The van der Waals surface area contributed by atoms with Crippen molar-refractivity contribution in [1.82, 2.24) is 4.98 Å². The van der Waals surface area contributed by atoms with E-state index in [2.05, 4.69) is 47.2 Å². The Hall–Kier alpha value is -3.11. The highest BCUT2D eigenvalue weighted by Gasteiger charge is 2.14. The van der Waals surface area contributed by atoms with Gasteiger partial charge < -0.3 is 0 Å². The van der Waals surface area contributed by atoms with Crippen molar-refractivity contribution in [1.29, 1.82) is 0 Å². The molecule has 0 bridgehead atoms. The Morgan fingerprint density at radius 3 is 1.80 bits per heavy atom. The molecular formula is C21H17N3S. The number of hydrogen-bond acceptors (Lipinski definition) is 4. The van der Waals surface area contributed by atoms with E-state index in [0.717, 1.165) is 27.0 Å². The van der Waals surface area contributed by atoms with E-state index < -0.39 is 0 Å². The number of hydrogen-bond donors (Lipinski definition) is 2. The number of thiazole rings is 1. The van der Waals surface area contributed by atoms with E-state index in [1.807, 2.05) is 54.6 Å². The van der Waals surface area contributed by atoms with Gasteiger partial charge >= 0.3 is 0 Å². The summed E-state index contributed by atoms with van der Waals surface area (Å²) in [7, 11) is 0. The van der Waals surface area contributed by atoms with Gasteiger partial charge in [-0.1, -0.05) is 90.2 Å². The molecule has 2 N–H and O–H groups in total. The molecule has 4 aromatic rings. The first kappa shape index (κ1) is 15.4. The lowest BCUT2D eigenvalue weighted by atomic mass is 10.1. The van der Waals surface area contributed by atoms with Crippen LogP contribution in [0, 0.1) is 0 Å². The highest BCUT2D eigenvalue weighted by molar-refractivity contribution is 7.19. The molecule has 3 nitrogen and oxygen atoms in total. The molecule has 4 heteroatoms. The summed E-state index contributed by atoms with van der Waals surface area (Å²) in [6.45, 7) is 0. The molecule has 122 valence electrons. The Balaban J connectivity index is 1.68. The first-order chi connectivity index (χ1) is 12.4. The van der Waals surface area contributed by atoms with E-state index in [0.29, 0.717) is 0 Å². The van der Waals surface area contributed by atoms with Gasteiger partial charge in [0.05, 0.1) is 16.3 Å². The SMILES string of the molecule is c1ccc(NNc2nc(-c3ccccc3)c(-c3ccccc3)s2)cc1. The topological polar surface area (TPSA) is 37.0 Å². The maximum atomic E-state index is 4.82. The molecule has 0 spiro atoms. The number of para-hydroxylation sites is 1. The third-order valence-corrected chi connectivity index (χ3v) is 4.82. The molecule has 0 radical (unpaired) electrons. The van der Waals surface area contributed by atoms with E-state index in [4.69, 9.17) is 4.98 Å². The summed E-state index contributed by atoms with van der Waals surface area (Å²) in [5, 5.41) is 0.835. The van der Waals surface area contributed by atoms with Crippen LogP contribution in [0.4, 0.5) is 10.8 Å². The number of aromatic nitrogens is 1. The van der Waals surface area contributed by atoms with Gasteiger partial charge in [-0.05, 0) is 17.7 Å². The van der Waals surface area contributed by atoms with E-state index in [-0.39, 0.29) is 0 Å². The average molecular weight is 343 g/mol. The smallest absolute Gasteiger partial charge is 0.202 e. The van der Waals surface area contributed by atoms with Crippen LogP contribution in [0.15, 0.2) is 91.0 Å². The van der Waals surface area contributed by atoms with Gasteiger partial charge in [0.1, 0.15) is 0 Å². The molecule has 4 rings (SSSR count). The van der Waals surface area contributed by atoms with Crippen LogP contribution in [0.2, 0.25) is 0 Å². The molecule has 0 fully saturated rings. The van der Waals surface area contributed by atoms with Gasteiger partial charge in [-0.3, -0.25) is 10.9 Å². The monoisotopic (exact) mass is 343 g/mol. The van der Waals surface area contributed by atoms with Crippen molar-refractivity contribution >= 4 is 22.2 Å². The fraction of sp³-hybridized carbons (Fsp3) is 0. The van der Waals surface area contributed by atoms with Crippen molar-refractivity contribution in [2.75, 3.05) is 10.9 Å². The Bertz CT molecular complexity index is 878. The molecular weight excluding hydrogens is 326 g/mol. The van der Waals surface area contributed by atoms with Crippen molar-refractivity contribution in [2.24, 2.45) is 0 Å². The number of benzene rings is 3. The van der Waals surface area contributed by atoms with Gasteiger partial charge in [0.25, 0.3) is 0 Å². The second-order valence-electron chi connectivity index (χ2n) is 5.54. The Morgan fingerprint density at radius 1 is 0.600 bits per heavy atom. The number of hydrazine groups is 1. The number of anilines is 2. The second kappa shape index (κ2) is 7.20. The maximum Gasteiger partial charge on any atom is 0.202 e. The van der Waals surface area contributed by atoms with Gasteiger partial charge in [-0.25, -0.2) is 4.98 Å². The van der Waals surface area contributed by atoms with Gasteiger partial charge in [0.15, 0.2) is 0 Å². The Labute approximate surface area is 151 Å². The lowest BCUT2D eigenvalue weighted by molar-refractivity contribution is 1.33. The minimum absolute atomic E-state index is 0.835. The summed E-state index contributed by atoms with van der Waals surface area (Å²) in [4.78, 5) is 5.97. The normalized spacial score (nSPS) is 10.4. The third kappa shape index (κ3) is 3.54. The predicted octanol–water partition coefficient (Wildman–Crippen LogP) is 5.92. The molecule has 0 atom stereocenters. The molecule has 0 unspecified atom stereocenters. The number of nitrogens with zero attached hydrogens (tertiary/aromatic N) is 1. The van der Waals surface area contributed by atoms with Gasteiger partial charge in [0, 0.05) is 5.56 Å². The summed E-state index contributed by atoms with van der Waals surface area (Å²) in [6.07, 6.45) is 0. The van der Waals surface area contributed by atoms with Crippen LogP contribution in [0.3, 0.4) is 0 Å². The zero-order valence-corrected chi connectivity index (χ0v) is 14.3. The zero-order valence-electron chi connectivity index (χ0n) is 13.5. The van der Waals surface area contributed by atoms with Gasteiger partial charge in [0.2, 0.25) is 5.13 Å². The van der Waals surface area contributed by atoms with Crippen LogP contribution in [0.25, 0.3) is 21.7 Å². The van der Waals surface area contributed by atoms with Crippen LogP contribution in [-0.2, 0) is 0 Å². The van der Waals surface area contributed by atoms with Crippen LogP contribution < -0.4 is 10.9 Å². The summed E-state index contributed by atoms with van der Waals surface area (Å²) in [6, 6.07) is 30.7. The molecule has 0 aliphatic rings. The molecule has 0 amide bonds. The molecule has 0 saturated carbocycles. The third-order valence-electron chi connectivity index (χ3n) is 3.80. The summed E-state index contributed by atoms with van der Waals surface area (Å²) in [5.74, 6) is 0. The number of nitrogens with one attached hydrogen (secondary N) is 2. The first-order valence-corrected chi connectivity index (χ1v) is 8.90. The minimum Gasteiger partial charge on any atom is -0.299 e. The maximum absolute atomic E-state index is 4.82. The fourth-order valence-electron chi connectivity index (χ4n) is 2.60. The van der Waals surface area contributed by atoms with E-state index >= 15 is 0 Å². The van der Waals surface area contributed by atoms with Crippen LogP contribution >= 0.6 is 11.3 Å². The highest BCUT2D eigenvalue weighted by atomic mass is 32.1. The zero-order chi connectivity index (χ0) is 16.9. The summed E-state index contributed by atoms with van der Waals surface area (Å²) in [5.41, 5.74) is 10.7. The van der Waals surface area contributed by atoms with Crippen molar-refractivity contribution in [2.45, 2.75) is 0 Å². The summed E-state index contributed by atoms with van der Waals surface area (Å²) >= 11 is 1.64. The average Bonchev–Trinajstić information content (AvgIpc) is 3.13. The highest BCUT2D eigenvalue weighted by Crippen LogP contribution is 2.38. The molecule has 0 saturated heterocycles. The second-order valence-corrected chi connectivity index (χ2v) is 6.54. The molecule has 25 heavy (non-hydrogen) atoms. The Morgan fingerprint density at radius 2 is 1.16 bits per heavy atom. The molecule has 0 aliphatic heterocycles. The van der Waals surface area contributed by atoms with Crippen LogP contribution in [0.5, 0.6) is 0 Å². The Kier molecular flexibility index (Phi) is 4.44. The molecule has 0 aliphatic carbocycles. The van der Waals surface area contributed by atoms with Gasteiger partial charge in [-0.2, -0.15) is 0 Å². The van der Waals surface area contributed by atoms with E-state index in [1.165, 1.54) is 5.56 Å². The molecule has 3 aromatic carbocycles. The largest absolute Gasteiger partial charge is 0.299 e. The first-order valence-electron chi connectivity index (χ1n) is 8.09. The van der Waals surface area contributed by atoms with E-state index in [9.17, 15) is 0 Å². The molecule has 1 heterocycles. The van der Waals surface area contributed by atoms with Crippen molar-refractivity contribution in [3.63, 3.8) is 0 Å². The van der Waals surface area contributed by atoms with Crippen molar-refractivity contribution in [3.05, 3.63) is 91.0 Å². The van der Waals surface area contributed by atoms with Crippen molar-refractivity contribution in [3.8, 4) is 21.7 Å². The quantitative estimate of drug-likeness (QED) is 0.442. The van der Waals surface area contributed by atoms with E-state index in [1.54, 1.807) is 11.3 Å². The number of rotatable bonds is 5. The summed E-state index contributed by atoms with van der Waals surface area (Å²) < 4.78 is 0. The fourth-order valence-corrected chi connectivity index (χ4v) is 3.54. The van der Waals surface area contributed by atoms with Crippen molar-refractivity contribution < 1.29 is 0 Å². The van der Waals surface area contributed by atoms with Crippen LogP contribution in [0.1, 0.15) is 0 Å². The minimum atomic E-state index is 0.835. The molecule has 1 aromatic heterocycles. The van der Waals surface area contributed by atoms with Gasteiger partial charge in [-0.15, -0.1) is 0 Å².